The predicted molar refractivity (Wildman–Crippen MR) is 79.0 cm³/mol. The number of anilines is 2. The monoisotopic (exact) mass is 291 g/mol. The second-order valence-corrected chi connectivity index (χ2v) is 5.51. The molecule has 1 aromatic heterocycles. The minimum Gasteiger partial charge on any atom is -0.396 e. The molecule has 1 unspecified atom stereocenters. The quantitative estimate of drug-likeness (QED) is 0.671. The van der Waals surface area contributed by atoms with E-state index in [-0.39, 0.29) is 16.8 Å². The Morgan fingerprint density at radius 2 is 2.20 bits per heavy atom. The van der Waals surface area contributed by atoms with Crippen LogP contribution in [0.2, 0.25) is 0 Å². The Labute approximate surface area is 120 Å². The van der Waals surface area contributed by atoms with Gasteiger partial charge in [-0.2, -0.15) is 0 Å². The predicted octanol–water partition coefficient (Wildman–Crippen LogP) is 2.92. The van der Waals surface area contributed by atoms with Crippen molar-refractivity contribution in [2.75, 3.05) is 11.1 Å². The third kappa shape index (κ3) is 3.71. The maximum absolute atomic E-state index is 13.0. The van der Waals surface area contributed by atoms with Crippen LogP contribution in [0.15, 0.2) is 47.6 Å². The summed E-state index contributed by atoms with van der Waals surface area (Å²) in [5.74, 6) is -0.689. The van der Waals surface area contributed by atoms with Crippen LogP contribution in [-0.4, -0.2) is 16.1 Å². The Balaban J connectivity index is 1.99. The van der Waals surface area contributed by atoms with Gasteiger partial charge < -0.3 is 11.1 Å². The van der Waals surface area contributed by atoms with E-state index < -0.39 is 5.82 Å². The second-order valence-electron chi connectivity index (χ2n) is 4.15. The number of rotatable bonds is 4. The molecule has 2 aromatic rings. The molecule has 0 aliphatic heterocycles. The summed E-state index contributed by atoms with van der Waals surface area (Å²) >= 11 is 1.35. The highest BCUT2D eigenvalue weighted by molar-refractivity contribution is 8.00. The molecule has 2 rings (SSSR count). The molecule has 0 saturated heterocycles. The highest BCUT2D eigenvalue weighted by atomic mass is 32.2. The number of hydrogen-bond donors (Lipinski definition) is 2. The molecule has 1 heterocycles. The van der Waals surface area contributed by atoms with Crippen molar-refractivity contribution in [3.63, 3.8) is 0 Å². The summed E-state index contributed by atoms with van der Waals surface area (Å²) < 4.78 is 13.0. The molecular formula is C14H14FN3OS. The maximum Gasteiger partial charge on any atom is 0.237 e. The van der Waals surface area contributed by atoms with E-state index in [0.29, 0.717) is 5.69 Å². The number of aromatic nitrogens is 1. The first kappa shape index (κ1) is 14.3. The molecule has 0 aliphatic carbocycles. The minimum absolute atomic E-state index is 0.00725. The molecule has 0 radical (unpaired) electrons. The van der Waals surface area contributed by atoms with Crippen molar-refractivity contribution in [1.82, 2.24) is 4.98 Å². The van der Waals surface area contributed by atoms with Gasteiger partial charge in [0.15, 0.2) is 0 Å². The maximum atomic E-state index is 13.0. The number of nitrogens with zero attached hydrogens (tertiary/aromatic N) is 1. The highest BCUT2D eigenvalue weighted by Gasteiger charge is 2.15. The van der Waals surface area contributed by atoms with Crippen LogP contribution in [0.1, 0.15) is 6.92 Å². The summed E-state index contributed by atoms with van der Waals surface area (Å²) in [5, 5.41) is 3.14. The van der Waals surface area contributed by atoms with E-state index in [1.54, 1.807) is 13.1 Å². The lowest BCUT2D eigenvalue weighted by Crippen LogP contribution is -2.22. The van der Waals surface area contributed by atoms with E-state index in [2.05, 4.69) is 10.3 Å². The van der Waals surface area contributed by atoms with Gasteiger partial charge in [0, 0.05) is 11.9 Å². The number of halogens is 1. The summed E-state index contributed by atoms with van der Waals surface area (Å²) in [6.45, 7) is 1.78. The fraction of sp³-hybridized carbons (Fsp3) is 0.143. The molecular weight excluding hydrogens is 277 g/mol. The van der Waals surface area contributed by atoms with Crippen molar-refractivity contribution in [3.8, 4) is 0 Å². The molecule has 1 aromatic carbocycles. The topological polar surface area (TPSA) is 68.0 Å². The summed E-state index contributed by atoms with van der Waals surface area (Å²) in [7, 11) is 0. The van der Waals surface area contributed by atoms with Gasteiger partial charge >= 0.3 is 0 Å². The molecule has 1 amide bonds. The third-order valence-electron chi connectivity index (χ3n) is 2.57. The van der Waals surface area contributed by atoms with E-state index in [1.165, 1.54) is 30.0 Å². The average molecular weight is 291 g/mol. The molecule has 0 spiro atoms. The lowest BCUT2D eigenvalue weighted by atomic mass is 10.2. The van der Waals surface area contributed by atoms with E-state index >= 15 is 0 Å². The largest absolute Gasteiger partial charge is 0.396 e. The summed E-state index contributed by atoms with van der Waals surface area (Å²) in [6, 6.07) is 9.61. The van der Waals surface area contributed by atoms with E-state index in [4.69, 9.17) is 5.73 Å². The van der Waals surface area contributed by atoms with E-state index in [1.807, 2.05) is 18.2 Å². The van der Waals surface area contributed by atoms with Gasteiger partial charge in [-0.25, -0.2) is 9.37 Å². The summed E-state index contributed by atoms with van der Waals surface area (Å²) in [6.07, 6.45) is 1.67. The SMILES string of the molecule is CC(Sc1ccccn1)C(=O)Nc1ccc(F)c(N)c1. The van der Waals surface area contributed by atoms with Crippen LogP contribution in [0.4, 0.5) is 15.8 Å². The number of nitrogens with one attached hydrogen (secondary N) is 1. The normalized spacial score (nSPS) is 11.9. The molecule has 0 saturated carbocycles. The third-order valence-corrected chi connectivity index (χ3v) is 3.62. The van der Waals surface area contributed by atoms with Gasteiger partial charge in [0.2, 0.25) is 5.91 Å². The van der Waals surface area contributed by atoms with Gasteiger partial charge in [0.25, 0.3) is 0 Å². The zero-order chi connectivity index (χ0) is 14.5. The van der Waals surface area contributed by atoms with Crippen LogP contribution in [0.5, 0.6) is 0 Å². The van der Waals surface area contributed by atoms with Crippen LogP contribution < -0.4 is 11.1 Å². The van der Waals surface area contributed by atoms with Crippen molar-refractivity contribution in [3.05, 3.63) is 48.4 Å². The van der Waals surface area contributed by atoms with E-state index in [0.717, 1.165) is 5.03 Å². The Bertz CT molecular complexity index is 607. The van der Waals surface area contributed by atoms with Crippen molar-refractivity contribution in [2.24, 2.45) is 0 Å². The average Bonchev–Trinajstić information content (AvgIpc) is 2.44. The van der Waals surface area contributed by atoms with Gasteiger partial charge in [-0.3, -0.25) is 4.79 Å². The van der Waals surface area contributed by atoms with Crippen LogP contribution in [0, 0.1) is 5.82 Å². The molecule has 1 atom stereocenters. The molecule has 0 bridgehead atoms. The molecule has 20 heavy (non-hydrogen) atoms. The molecule has 0 aliphatic rings. The first-order chi connectivity index (χ1) is 9.56. The lowest BCUT2D eigenvalue weighted by Gasteiger charge is -2.12. The first-order valence-corrected chi connectivity index (χ1v) is 6.88. The van der Waals surface area contributed by atoms with Crippen LogP contribution in [0.25, 0.3) is 0 Å². The number of amides is 1. The van der Waals surface area contributed by atoms with Crippen molar-refractivity contribution < 1.29 is 9.18 Å². The number of carbonyl (C=O) groups excluding carboxylic acids is 1. The number of thioether (sulfide) groups is 1. The zero-order valence-corrected chi connectivity index (χ0v) is 11.7. The summed E-state index contributed by atoms with van der Waals surface area (Å²) in [4.78, 5) is 16.2. The molecule has 0 fully saturated rings. The van der Waals surface area contributed by atoms with Crippen molar-refractivity contribution in [2.45, 2.75) is 17.2 Å². The molecule has 104 valence electrons. The zero-order valence-electron chi connectivity index (χ0n) is 10.8. The Kier molecular flexibility index (Phi) is 4.57. The number of benzene rings is 1. The van der Waals surface area contributed by atoms with Crippen LogP contribution in [0.3, 0.4) is 0 Å². The van der Waals surface area contributed by atoms with Gasteiger partial charge in [-0.15, -0.1) is 0 Å². The van der Waals surface area contributed by atoms with Crippen molar-refractivity contribution >= 4 is 29.0 Å². The van der Waals surface area contributed by atoms with Gasteiger partial charge in [0.05, 0.1) is 16.0 Å². The first-order valence-electron chi connectivity index (χ1n) is 6.00. The number of nitrogens with two attached hydrogens (primary N) is 1. The number of nitrogen functional groups attached to an aromatic ring is 1. The van der Waals surface area contributed by atoms with Crippen LogP contribution in [-0.2, 0) is 4.79 Å². The van der Waals surface area contributed by atoms with Crippen molar-refractivity contribution in [1.29, 1.82) is 0 Å². The number of carbonyl (C=O) groups is 1. The Hall–Kier alpha value is -2.08. The van der Waals surface area contributed by atoms with Gasteiger partial charge in [-0.1, -0.05) is 17.8 Å². The standard InChI is InChI=1S/C14H14FN3OS/c1-9(20-13-4-2-3-7-17-13)14(19)18-10-5-6-11(15)12(16)8-10/h2-9H,16H2,1H3,(H,18,19). The van der Waals surface area contributed by atoms with Gasteiger partial charge in [0.1, 0.15) is 5.82 Å². The minimum atomic E-state index is -0.501. The Morgan fingerprint density at radius 1 is 1.40 bits per heavy atom. The summed E-state index contributed by atoms with van der Waals surface area (Å²) in [5.41, 5.74) is 5.94. The lowest BCUT2D eigenvalue weighted by molar-refractivity contribution is -0.115. The number of pyridine rings is 1. The fourth-order valence-corrected chi connectivity index (χ4v) is 2.32. The fourth-order valence-electron chi connectivity index (χ4n) is 1.52. The van der Waals surface area contributed by atoms with Crippen LogP contribution >= 0.6 is 11.8 Å². The van der Waals surface area contributed by atoms with E-state index in [9.17, 15) is 9.18 Å². The Morgan fingerprint density at radius 3 is 2.85 bits per heavy atom. The highest BCUT2D eigenvalue weighted by Crippen LogP contribution is 2.22. The number of hydrogen-bond acceptors (Lipinski definition) is 4. The molecule has 4 nitrogen and oxygen atoms in total. The second kappa shape index (κ2) is 6.38. The molecule has 3 N–H and O–H groups in total. The van der Waals surface area contributed by atoms with Gasteiger partial charge in [-0.05, 0) is 37.3 Å². The smallest absolute Gasteiger partial charge is 0.237 e. The molecule has 6 heteroatoms.